The molecule has 0 radical (unpaired) electrons. The van der Waals surface area contributed by atoms with Gasteiger partial charge >= 0.3 is 0 Å². The first kappa shape index (κ1) is 26.2. The van der Waals surface area contributed by atoms with Crippen molar-refractivity contribution in [3.05, 3.63) is 215 Å². The van der Waals surface area contributed by atoms with Crippen LogP contribution in [-0.2, 0) is 10.8 Å². The normalized spacial score (nSPS) is 15.1. The highest BCUT2D eigenvalue weighted by atomic mass is 32.2. The van der Waals surface area contributed by atoms with Crippen LogP contribution < -0.4 is 4.74 Å². The number of benzene rings is 6. The van der Waals surface area contributed by atoms with Gasteiger partial charge in [-0.3, -0.25) is 0 Å². The molecule has 0 bridgehead atoms. The zero-order valence-electron chi connectivity index (χ0n) is 24.5. The number of nitrogens with one attached hydrogen (secondary N) is 1. The van der Waals surface area contributed by atoms with E-state index in [1.807, 2.05) is 0 Å². The van der Waals surface area contributed by atoms with Gasteiger partial charge in [-0.15, -0.1) is 0 Å². The van der Waals surface area contributed by atoms with Crippen LogP contribution in [0.4, 0.5) is 0 Å². The Morgan fingerprint density at radius 1 is 0.422 bits per heavy atom. The fraction of sp³-hybridized carbons (Fsp3) is 0.0476. The van der Waals surface area contributed by atoms with Gasteiger partial charge in [-0.25, -0.2) is 0 Å². The van der Waals surface area contributed by atoms with Gasteiger partial charge in [0.1, 0.15) is 5.75 Å². The smallest absolute Gasteiger partial charge is 0.164 e. The van der Waals surface area contributed by atoms with Gasteiger partial charge in [-0.05, 0) is 39.9 Å². The van der Waals surface area contributed by atoms with E-state index in [1.54, 1.807) is 11.8 Å². The Labute approximate surface area is 267 Å². The molecule has 1 aromatic heterocycles. The predicted octanol–water partition coefficient (Wildman–Crippen LogP) is 10.4. The summed E-state index contributed by atoms with van der Waals surface area (Å²) in [6, 6.07) is 61.0. The van der Waals surface area contributed by atoms with Crippen LogP contribution in [-0.4, -0.2) is 4.98 Å². The third kappa shape index (κ3) is 3.59. The molecule has 1 N–H and O–H groups in total. The lowest BCUT2D eigenvalue weighted by atomic mass is 9.66. The number of H-pyrrole nitrogens is 1. The van der Waals surface area contributed by atoms with Gasteiger partial charge in [0.05, 0.1) is 27.1 Å². The number of rotatable bonds is 4. The minimum atomic E-state index is -0.629. The van der Waals surface area contributed by atoms with Crippen molar-refractivity contribution in [1.82, 2.24) is 4.98 Å². The first-order chi connectivity index (χ1) is 22.3. The number of aromatic nitrogens is 1. The van der Waals surface area contributed by atoms with E-state index in [0.29, 0.717) is 0 Å². The van der Waals surface area contributed by atoms with Gasteiger partial charge in [0, 0.05) is 10.5 Å². The highest BCUT2D eigenvalue weighted by Gasteiger charge is 2.53. The van der Waals surface area contributed by atoms with Gasteiger partial charge in [0.2, 0.25) is 0 Å². The molecule has 6 aromatic carbocycles. The van der Waals surface area contributed by atoms with Crippen molar-refractivity contribution in [3.63, 3.8) is 0 Å². The summed E-state index contributed by atoms with van der Waals surface area (Å²) in [5.74, 6) is 1.77. The molecule has 2 aliphatic rings. The zero-order chi connectivity index (χ0) is 29.8. The second-order valence-electron chi connectivity index (χ2n) is 11.7. The van der Waals surface area contributed by atoms with Crippen LogP contribution in [0, 0.1) is 0 Å². The summed E-state index contributed by atoms with van der Waals surface area (Å²) < 4.78 is 7.04. The third-order valence-corrected chi connectivity index (χ3v) is 10.7. The number of para-hydroxylation sites is 1. The summed E-state index contributed by atoms with van der Waals surface area (Å²) in [4.78, 5) is 6.52. The molecule has 0 saturated carbocycles. The molecule has 0 amide bonds. The van der Waals surface area contributed by atoms with Crippen molar-refractivity contribution in [1.29, 1.82) is 0 Å². The maximum absolute atomic E-state index is 7.04. The van der Waals surface area contributed by atoms with Crippen molar-refractivity contribution in [2.45, 2.75) is 20.6 Å². The Morgan fingerprint density at radius 3 is 1.38 bits per heavy atom. The van der Waals surface area contributed by atoms with Crippen LogP contribution >= 0.6 is 11.8 Å². The Morgan fingerprint density at radius 2 is 0.844 bits per heavy atom. The Balaban J connectivity index is 1.47. The number of hydrogen-bond acceptors (Lipinski definition) is 2. The monoisotopic (exact) mass is 595 g/mol. The number of ether oxygens (including phenoxy) is 1. The Hall–Kier alpha value is -5.25. The molecule has 9 rings (SSSR count). The summed E-state index contributed by atoms with van der Waals surface area (Å²) in [5, 5.41) is 0. The largest absolute Gasteiger partial charge is 0.454 e. The molecule has 0 spiro atoms. The van der Waals surface area contributed by atoms with Gasteiger partial charge in [0.25, 0.3) is 0 Å². The van der Waals surface area contributed by atoms with E-state index >= 15 is 0 Å². The fourth-order valence-corrected chi connectivity index (χ4v) is 8.93. The summed E-state index contributed by atoms with van der Waals surface area (Å²) in [6.07, 6.45) is 0. The van der Waals surface area contributed by atoms with Crippen molar-refractivity contribution in [2.24, 2.45) is 0 Å². The summed E-state index contributed by atoms with van der Waals surface area (Å²) >= 11 is 1.80. The lowest BCUT2D eigenvalue weighted by Crippen LogP contribution is -2.35. The SMILES string of the molecule is c1ccc(C2(c3ccccc3)c3ccccc3Oc3c2[nH]c2c3Sc3ccccc3C2(c2ccccc2)c2ccccc2)cc1. The molecule has 3 heteroatoms. The summed E-state index contributed by atoms with van der Waals surface area (Å²) in [5.41, 5.74) is 8.18. The van der Waals surface area contributed by atoms with Crippen LogP contribution in [0.25, 0.3) is 0 Å². The van der Waals surface area contributed by atoms with E-state index in [9.17, 15) is 0 Å². The molecule has 0 aliphatic carbocycles. The molecular formula is C42H29NOS. The predicted molar refractivity (Wildman–Crippen MR) is 182 cm³/mol. The van der Waals surface area contributed by atoms with E-state index in [-0.39, 0.29) is 0 Å². The van der Waals surface area contributed by atoms with Gasteiger partial charge in [0.15, 0.2) is 5.75 Å². The molecule has 3 heterocycles. The second-order valence-corrected chi connectivity index (χ2v) is 12.7. The number of fused-ring (bicyclic) bond motifs is 5. The number of aromatic amines is 1. The minimum Gasteiger partial charge on any atom is -0.454 e. The molecule has 2 aliphatic heterocycles. The highest BCUT2D eigenvalue weighted by molar-refractivity contribution is 7.99. The van der Waals surface area contributed by atoms with Crippen molar-refractivity contribution < 1.29 is 4.74 Å². The van der Waals surface area contributed by atoms with E-state index in [1.165, 1.54) is 32.7 Å². The highest BCUT2D eigenvalue weighted by Crippen LogP contribution is 2.64. The molecule has 45 heavy (non-hydrogen) atoms. The van der Waals surface area contributed by atoms with Crippen LogP contribution in [0.2, 0.25) is 0 Å². The van der Waals surface area contributed by atoms with E-state index in [2.05, 4.69) is 175 Å². The molecule has 214 valence electrons. The average Bonchev–Trinajstić information content (AvgIpc) is 3.49. The molecule has 0 saturated heterocycles. The lowest BCUT2D eigenvalue weighted by molar-refractivity contribution is 0.424. The van der Waals surface area contributed by atoms with E-state index in [4.69, 9.17) is 4.74 Å². The molecular weight excluding hydrogens is 567 g/mol. The van der Waals surface area contributed by atoms with Gasteiger partial charge in [-0.2, -0.15) is 0 Å². The van der Waals surface area contributed by atoms with Gasteiger partial charge in [-0.1, -0.05) is 169 Å². The lowest BCUT2D eigenvalue weighted by Gasteiger charge is -2.40. The average molecular weight is 596 g/mol. The van der Waals surface area contributed by atoms with E-state index in [0.717, 1.165) is 33.3 Å². The molecule has 0 atom stereocenters. The Bertz CT molecular complexity index is 1920. The van der Waals surface area contributed by atoms with Crippen LogP contribution in [0.3, 0.4) is 0 Å². The summed E-state index contributed by atoms with van der Waals surface area (Å²) in [7, 11) is 0. The Kier molecular flexibility index (Phi) is 5.91. The molecule has 7 aromatic rings. The molecule has 0 fully saturated rings. The van der Waals surface area contributed by atoms with Crippen LogP contribution in [0.5, 0.6) is 11.5 Å². The van der Waals surface area contributed by atoms with Gasteiger partial charge < -0.3 is 9.72 Å². The van der Waals surface area contributed by atoms with Crippen molar-refractivity contribution >= 4 is 11.8 Å². The van der Waals surface area contributed by atoms with E-state index < -0.39 is 10.8 Å². The minimum absolute atomic E-state index is 0.592. The zero-order valence-corrected chi connectivity index (χ0v) is 25.3. The topological polar surface area (TPSA) is 25.0 Å². The first-order valence-electron chi connectivity index (χ1n) is 15.4. The standard InChI is InChI=1S/C42H29NOS/c1-5-17-29(18-6-1)41(30-19-7-2-8-20-30)33-25-13-15-27-35(33)44-37-38-40(43-39(37)41)42(31-21-9-3-10-22-31,32-23-11-4-12-24-32)34-26-14-16-28-36(34)45-38/h1-28,43H. The molecule has 2 nitrogen and oxygen atoms in total. The summed E-state index contributed by atoms with van der Waals surface area (Å²) in [6.45, 7) is 0. The van der Waals surface area contributed by atoms with Crippen LogP contribution in [0.15, 0.2) is 180 Å². The fourth-order valence-electron chi connectivity index (χ4n) is 7.69. The first-order valence-corrected chi connectivity index (χ1v) is 16.2. The second kappa shape index (κ2) is 10.2. The quantitative estimate of drug-likeness (QED) is 0.219. The van der Waals surface area contributed by atoms with Crippen LogP contribution in [0.1, 0.15) is 44.8 Å². The maximum Gasteiger partial charge on any atom is 0.164 e. The number of hydrogen-bond donors (Lipinski definition) is 1. The van der Waals surface area contributed by atoms with Crippen molar-refractivity contribution in [2.75, 3.05) is 0 Å². The van der Waals surface area contributed by atoms with Crippen molar-refractivity contribution in [3.8, 4) is 11.5 Å². The molecule has 0 unspecified atom stereocenters. The third-order valence-electron chi connectivity index (χ3n) is 9.49. The maximum atomic E-state index is 7.04.